The molecule has 0 saturated carbocycles. The van der Waals surface area contributed by atoms with Crippen LogP contribution < -0.4 is 10.0 Å². The van der Waals surface area contributed by atoms with Crippen LogP contribution in [0.4, 0.5) is 5.82 Å². The van der Waals surface area contributed by atoms with Crippen molar-refractivity contribution in [3.8, 4) is 0 Å². The van der Waals surface area contributed by atoms with Crippen LogP contribution in [0.3, 0.4) is 0 Å². The molecular weight excluding hydrogens is 290 g/mol. The lowest BCUT2D eigenvalue weighted by molar-refractivity contribution is 0.562. The van der Waals surface area contributed by atoms with E-state index in [9.17, 15) is 8.42 Å². The average Bonchev–Trinajstić information content (AvgIpc) is 2.77. The van der Waals surface area contributed by atoms with E-state index in [0.29, 0.717) is 18.9 Å². The van der Waals surface area contributed by atoms with E-state index < -0.39 is 10.0 Å². The van der Waals surface area contributed by atoms with Gasteiger partial charge in [0.25, 0.3) is 0 Å². The topological polar surface area (TPSA) is 88.4 Å². The van der Waals surface area contributed by atoms with E-state index >= 15 is 0 Å². The third-order valence-corrected chi connectivity index (χ3v) is 3.67. The van der Waals surface area contributed by atoms with Crippen LogP contribution in [0.5, 0.6) is 0 Å². The summed E-state index contributed by atoms with van der Waals surface area (Å²) in [4.78, 5) is 4.29. The van der Waals surface area contributed by atoms with Crippen molar-refractivity contribution in [2.75, 3.05) is 24.7 Å². The van der Waals surface area contributed by atoms with Gasteiger partial charge in [0.2, 0.25) is 10.0 Å². The molecule has 21 heavy (non-hydrogen) atoms. The highest BCUT2D eigenvalue weighted by atomic mass is 32.2. The Bertz CT molecular complexity index is 731. The fraction of sp³-hybridized carbons (Fsp3) is 0.538. The van der Waals surface area contributed by atoms with E-state index in [1.54, 1.807) is 16.9 Å². The van der Waals surface area contributed by atoms with Crippen LogP contribution in [0.25, 0.3) is 5.52 Å². The Morgan fingerprint density at radius 3 is 2.62 bits per heavy atom. The quantitative estimate of drug-likeness (QED) is 0.804. The molecule has 2 heterocycles. The molecule has 8 heteroatoms. The molecule has 116 valence electrons. The standard InChI is InChI=1S/C13H21N5O2S/c1-13(2,3)11-9-10-12(15-7-8-18(10)17-11)14-5-6-16-21(4,19)20/h7-9,16H,5-6H2,1-4H3,(H,14,15). The number of aromatic nitrogens is 3. The van der Waals surface area contributed by atoms with Crippen molar-refractivity contribution in [3.63, 3.8) is 0 Å². The van der Waals surface area contributed by atoms with Gasteiger partial charge in [-0.1, -0.05) is 20.8 Å². The van der Waals surface area contributed by atoms with Crippen LogP contribution in [0.1, 0.15) is 26.5 Å². The molecule has 0 atom stereocenters. The molecule has 2 aromatic rings. The van der Waals surface area contributed by atoms with Gasteiger partial charge in [0, 0.05) is 30.9 Å². The minimum Gasteiger partial charge on any atom is -0.367 e. The zero-order valence-corrected chi connectivity index (χ0v) is 13.5. The Morgan fingerprint density at radius 2 is 2.00 bits per heavy atom. The van der Waals surface area contributed by atoms with Gasteiger partial charge in [-0.15, -0.1) is 0 Å². The second kappa shape index (κ2) is 5.61. The summed E-state index contributed by atoms with van der Waals surface area (Å²) in [6.45, 7) is 7.07. The van der Waals surface area contributed by atoms with Crippen molar-refractivity contribution in [1.29, 1.82) is 0 Å². The van der Waals surface area contributed by atoms with Crippen LogP contribution in [-0.2, 0) is 15.4 Å². The maximum Gasteiger partial charge on any atom is 0.208 e. The molecule has 0 fully saturated rings. The summed E-state index contributed by atoms with van der Waals surface area (Å²) in [5.74, 6) is 0.691. The molecule has 2 N–H and O–H groups in total. The Labute approximate surface area is 124 Å². The molecule has 0 aliphatic rings. The summed E-state index contributed by atoms with van der Waals surface area (Å²) in [5.41, 5.74) is 1.82. The number of hydrogen-bond donors (Lipinski definition) is 2. The second-order valence-electron chi connectivity index (χ2n) is 5.98. The summed E-state index contributed by atoms with van der Waals surface area (Å²) < 4.78 is 26.2. The predicted molar refractivity (Wildman–Crippen MR) is 83.0 cm³/mol. The molecular formula is C13H21N5O2S. The number of anilines is 1. The van der Waals surface area contributed by atoms with Gasteiger partial charge in [0.05, 0.1) is 11.9 Å². The van der Waals surface area contributed by atoms with Gasteiger partial charge >= 0.3 is 0 Å². The Morgan fingerprint density at radius 1 is 1.29 bits per heavy atom. The molecule has 7 nitrogen and oxygen atoms in total. The molecule has 0 spiro atoms. The maximum atomic E-state index is 11.0. The largest absolute Gasteiger partial charge is 0.367 e. The van der Waals surface area contributed by atoms with E-state index in [1.807, 2.05) is 6.07 Å². The van der Waals surface area contributed by atoms with Crippen LogP contribution >= 0.6 is 0 Å². The van der Waals surface area contributed by atoms with Gasteiger partial charge in [-0.3, -0.25) is 0 Å². The molecule has 0 aliphatic heterocycles. The van der Waals surface area contributed by atoms with Crippen molar-refractivity contribution >= 4 is 21.4 Å². The summed E-state index contributed by atoms with van der Waals surface area (Å²) in [6.07, 6.45) is 4.60. The summed E-state index contributed by atoms with van der Waals surface area (Å²) in [5, 5.41) is 7.66. The van der Waals surface area contributed by atoms with Crippen molar-refractivity contribution < 1.29 is 8.42 Å². The SMILES string of the molecule is CC(C)(C)c1cc2c(NCCNS(C)(=O)=O)nccn2n1. The van der Waals surface area contributed by atoms with E-state index in [4.69, 9.17) is 0 Å². The fourth-order valence-electron chi connectivity index (χ4n) is 1.84. The number of rotatable bonds is 5. The number of hydrogen-bond acceptors (Lipinski definition) is 5. The molecule has 0 aliphatic carbocycles. The summed E-state index contributed by atoms with van der Waals surface area (Å²) in [7, 11) is -3.16. The zero-order valence-electron chi connectivity index (χ0n) is 12.7. The van der Waals surface area contributed by atoms with Crippen molar-refractivity contribution in [2.45, 2.75) is 26.2 Å². The first-order valence-corrected chi connectivity index (χ1v) is 8.59. The number of nitrogens with zero attached hydrogens (tertiary/aromatic N) is 3. The van der Waals surface area contributed by atoms with Crippen molar-refractivity contribution in [1.82, 2.24) is 19.3 Å². The van der Waals surface area contributed by atoms with Gasteiger partial charge in [-0.2, -0.15) is 5.10 Å². The molecule has 0 aromatic carbocycles. The smallest absolute Gasteiger partial charge is 0.208 e. The van der Waals surface area contributed by atoms with Gasteiger partial charge < -0.3 is 5.32 Å². The highest BCUT2D eigenvalue weighted by molar-refractivity contribution is 7.88. The minimum atomic E-state index is -3.16. The van der Waals surface area contributed by atoms with Crippen LogP contribution in [0.2, 0.25) is 0 Å². The lowest BCUT2D eigenvalue weighted by atomic mass is 9.92. The van der Waals surface area contributed by atoms with Crippen molar-refractivity contribution in [2.24, 2.45) is 0 Å². The summed E-state index contributed by atoms with van der Waals surface area (Å²) in [6, 6.07) is 2.00. The highest BCUT2D eigenvalue weighted by Gasteiger charge is 2.18. The summed E-state index contributed by atoms with van der Waals surface area (Å²) >= 11 is 0. The van der Waals surface area contributed by atoms with Gasteiger partial charge in [0.15, 0.2) is 5.82 Å². The Kier molecular flexibility index (Phi) is 4.20. The van der Waals surface area contributed by atoms with Crippen LogP contribution in [-0.4, -0.2) is 42.4 Å². The molecule has 2 rings (SSSR count). The van der Waals surface area contributed by atoms with Gasteiger partial charge in [0.1, 0.15) is 5.52 Å². The average molecular weight is 311 g/mol. The fourth-order valence-corrected chi connectivity index (χ4v) is 2.31. The van der Waals surface area contributed by atoms with E-state index in [-0.39, 0.29) is 5.41 Å². The van der Waals surface area contributed by atoms with Gasteiger partial charge in [-0.25, -0.2) is 22.6 Å². The molecule has 0 amide bonds. The number of sulfonamides is 1. The van der Waals surface area contributed by atoms with Crippen molar-refractivity contribution in [3.05, 3.63) is 24.2 Å². The number of fused-ring (bicyclic) bond motifs is 1. The second-order valence-corrected chi connectivity index (χ2v) is 7.81. The van der Waals surface area contributed by atoms with Crippen LogP contribution in [0, 0.1) is 0 Å². The first-order chi connectivity index (χ1) is 9.67. The van der Waals surface area contributed by atoms with E-state index in [1.165, 1.54) is 0 Å². The normalized spacial score (nSPS) is 12.8. The lowest BCUT2D eigenvalue weighted by Gasteiger charge is -2.13. The molecule has 0 bridgehead atoms. The van der Waals surface area contributed by atoms with Gasteiger partial charge in [-0.05, 0) is 6.07 Å². The first-order valence-electron chi connectivity index (χ1n) is 6.70. The maximum absolute atomic E-state index is 11.0. The third kappa shape index (κ3) is 4.15. The van der Waals surface area contributed by atoms with Crippen LogP contribution in [0.15, 0.2) is 18.5 Å². The molecule has 0 saturated heterocycles. The third-order valence-electron chi connectivity index (χ3n) is 2.94. The lowest BCUT2D eigenvalue weighted by Crippen LogP contribution is -2.27. The molecule has 0 radical (unpaired) electrons. The number of nitrogens with one attached hydrogen (secondary N) is 2. The first kappa shape index (κ1) is 15.7. The Hall–Kier alpha value is -1.67. The molecule has 2 aromatic heterocycles. The molecule has 0 unspecified atom stereocenters. The van der Waals surface area contributed by atoms with E-state index in [2.05, 4.69) is 40.9 Å². The minimum absolute atomic E-state index is 0.0405. The Balaban J connectivity index is 2.15. The van der Waals surface area contributed by atoms with E-state index in [0.717, 1.165) is 17.5 Å². The predicted octanol–water partition coefficient (Wildman–Crippen LogP) is 0.988. The highest BCUT2D eigenvalue weighted by Crippen LogP contribution is 2.24. The zero-order chi connectivity index (χ0) is 15.7. The monoisotopic (exact) mass is 311 g/mol.